The molecule has 0 unspecified atom stereocenters. The van der Waals surface area contributed by atoms with Crippen molar-refractivity contribution < 1.29 is 9.31 Å². The van der Waals surface area contributed by atoms with Crippen LogP contribution < -0.4 is 0 Å². The summed E-state index contributed by atoms with van der Waals surface area (Å²) >= 11 is 6.11. The summed E-state index contributed by atoms with van der Waals surface area (Å²) in [6, 6.07) is 11.4. The van der Waals surface area contributed by atoms with Crippen molar-refractivity contribution in [1.82, 2.24) is 4.57 Å². The van der Waals surface area contributed by atoms with Crippen molar-refractivity contribution >= 4 is 28.2 Å². The smallest absolute Gasteiger partial charge is 0.304 e. The number of hydrogen-bond acceptors (Lipinski definition) is 2. The first-order valence-corrected chi connectivity index (χ1v) is 6.60. The molecule has 0 aliphatic heterocycles. The van der Waals surface area contributed by atoms with Crippen LogP contribution in [0.4, 0.5) is 10.1 Å². The van der Waals surface area contributed by atoms with Gasteiger partial charge >= 0.3 is 5.69 Å². The van der Waals surface area contributed by atoms with Crippen LogP contribution in [0, 0.1) is 15.9 Å². The van der Waals surface area contributed by atoms with Crippen molar-refractivity contribution in [3.05, 3.63) is 75.2 Å². The number of benzene rings is 2. The van der Waals surface area contributed by atoms with Crippen molar-refractivity contribution in [3.8, 4) is 0 Å². The van der Waals surface area contributed by atoms with Gasteiger partial charge in [-0.2, -0.15) is 4.39 Å². The Bertz CT molecular complexity index is 845. The Morgan fingerprint density at radius 2 is 2.05 bits per heavy atom. The van der Waals surface area contributed by atoms with Crippen LogP contribution in [0.5, 0.6) is 0 Å². The number of aromatic nitrogens is 1. The van der Waals surface area contributed by atoms with Crippen LogP contribution in [0.15, 0.2) is 48.7 Å². The number of fused-ring (bicyclic) bond motifs is 1. The number of nitro benzene ring substituents is 1. The van der Waals surface area contributed by atoms with Gasteiger partial charge in [0.2, 0.25) is 5.82 Å². The molecule has 0 fully saturated rings. The summed E-state index contributed by atoms with van der Waals surface area (Å²) in [5, 5.41) is 12.2. The first-order valence-electron chi connectivity index (χ1n) is 6.22. The van der Waals surface area contributed by atoms with Crippen molar-refractivity contribution in [3.63, 3.8) is 0 Å². The second-order valence-corrected chi connectivity index (χ2v) is 5.07. The van der Waals surface area contributed by atoms with E-state index in [1.807, 2.05) is 29.0 Å². The zero-order chi connectivity index (χ0) is 15.0. The second-order valence-electron chi connectivity index (χ2n) is 4.66. The normalized spacial score (nSPS) is 11.0. The van der Waals surface area contributed by atoms with Crippen molar-refractivity contribution in [2.75, 3.05) is 0 Å². The minimum atomic E-state index is -0.827. The predicted octanol–water partition coefficient (Wildman–Crippen LogP) is 4.39. The number of halogens is 2. The lowest BCUT2D eigenvalue weighted by Crippen LogP contribution is -2.00. The molecule has 21 heavy (non-hydrogen) atoms. The van der Waals surface area contributed by atoms with Crippen molar-refractivity contribution in [2.24, 2.45) is 0 Å². The molecule has 0 atom stereocenters. The molecule has 0 N–H and O–H groups in total. The molecule has 0 amide bonds. The molecule has 0 aliphatic rings. The van der Waals surface area contributed by atoms with E-state index in [1.165, 1.54) is 12.1 Å². The van der Waals surface area contributed by atoms with Gasteiger partial charge in [0.1, 0.15) is 0 Å². The van der Waals surface area contributed by atoms with E-state index in [9.17, 15) is 14.5 Å². The number of nitrogens with zero attached hydrogens (tertiary/aromatic N) is 2. The molecule has 0 radical (unpaired) electrons. The molecule has 1 aromatic heterocycles. The van der Waals surface area contributed by atoms with Gasteiger partial charge < -0.3 is 4.57 Å². The molecule has 106 valence electrons. The Kier molecular flexibility index (Phi) is 3.35. The standard InChI is InChI=1S/C15H10ClFN2O2/c16-12-2-1-3-14-11(12)6-7-18(14)9-10-4-5-15(19(20)21)13(17)8-10/h1-8H,9H2. The van der Waals surface area contributed by atoms with E-state index in [-0.39, 0.29) is 0 Å². The minimum absolute atomic E-state index is 0.415. The quantitative estimate of drug-likeness (QED) is 0.532. The van der Waals surface area contributed by atoms with Gasteiger partial charge in [-0.1, -0.05) is 23.7 Å². The molecule has 2 aromatic carbocycles. The second kappa shape index (κ2) is 5.18. The van der Waals surface area contributed by atoms with Crippen LogP contribution in [0.2, 0.25) is 5.02 Å². The molecule has 0 saturated heterocycles. The Balaban J connectivity index is 1.97. The van der Waals surface area contributed by atoms with Gasteiger partial charge in [0.15, 0.2) is 0 Å². The molecular weight excluding hydrogens is 295 g/mol. The van der Waals surface area contributed by atoms with Gasteiger partial charge in [0, 0.05) is 34.7 Å². The average molecular weight is 305 g/mol. The summed E-state index contributed by atoms with van der Waals surface area (Å²) in [6.07, 6.45) is 1.86. The average Bonchev–Trinajstić information content (AvgIpc) is 2.83. The minimum Gasteiger partial charge on any atom is -0.343 e. The Hall–Kier alpha value is -2.40. The maximum Gasteiger partial charge on any atom is 0.304 e. The van der Waals surface area contributed by atoms with E-state index in [4.69, 9.17) is 11.6 Å². The number of hydrogen-bond donors (Lipinski definition) is 0. The third kappa shape index (κ3) is 2.48. The summed E-state index contributed by atoms with van der Waals surface area (Å²) in [6.45, 7) is 0.415. The molecule has 0 saturated carbocycles. The predicted molar refractivity (Wildman–Crippen MR) is 79.1 cm³/mol. The van der Waals surface area contributed by atoms with Gasteiger partial charge in [0.05, 0.1) is 4.92 Å². The molecule has 0 bridgehead atoms. The van der Waals surface area contributed by atoms with E-state index in [1.54, 1.807) is 12.1 Å². The Morgan fingerprint density at radius 3 is 2.76 bits per heavy atom. The van der Waals surface area contributed by atoms with E-state index in [2.05, 4.69) is 0 Å². The fraction of sp³-hybridized carbons (Fsp3) is 0.0667. The molecule has 6 heteroatoms. The highest BCUT2D eigenvalue weighted by molar-refractivity contribution is 6.35. The van der Waals surface area contributed by atoms with Gasteiger partial charge in [0.25, 0.3) is 0 Å². The first-order chi connectivity index (χ1) is 10.1. The highest BCUT2D eigenvalue weighted by atomic mass is 35.5. The third-order valence-corrected chi connectivity index (χ3v) is 3.65. The lowest BCUT2D eigenvalue weighted by Gasteiger charge is -2.06. The maximum absolute atomic E-state index is 13.6. The van der Waals surface area contributed by atoms with Crippen LogP contribution in [0.1, 0.15) is 5.56 Å². The molecular formula is C15H10ClFN2O2. The van der Waals surface area contributed by atoms with Gasteiger partial charge in [-0.25, -0.2) is 0 Å². The number of rotatable bonds is 3. The van der Waals surface area contributed by atoms with E-state index in [0.717, 1.165) is 10.9 Å². The molecule has 0 spiro atoms. The van der Waals surface area contributed by atoms with Gasteiger partial charge in [-0.15, -0.1) is 0 Å². The highest BCUT2D eigenvalue weighted by Gasteiger charge is 2.14. The van der Waals surface area contributed by atoms with Gasteiger partial charge in [-0.3, -0.25) is 10.1 Å². The SMILES string of the molecule is O=[N+]([O-])c1ccc(Cn2ccc3c(Cl)cccc32)cc1F. The molecule has 4 nitrogen and oxygen atoms in total. The summed E-state index contributed by atoms with van der Waals surface area (Å²) < 4.78 is 15.6. The summed E-state index contributed by atoms with van der Waals surface area (Å²) in [5.74, 6) is -0.827. The van der Waals surface area contributed by atoms with Crippen LogP contribution in [0.25, 0.3) is 10.9 Å². The molecule has 3 rings (SSSR count). The Morgan fingerprint density at radius 1 is 1.24 bits per heavy atom. The van der Waals surface area contributed by atoms with Crippen LogP contribution in [-0.4, -0.2) is 9.49 Å². The zero-order valence-electron chi connectivity index (χ0n) is 10.8. The lowest BCUT2D eigenvalue weighted by molar-refractivity contribution is -0.387. The van der Waals surface area contributed by atoms with Crippen LogP contribution in [-0.2, 0) is 6.54 Å². The van der Waals surface area contributed by atoms with E-state index in [0.29, 0.717) is 17.1 Å². The molecule has 0 aliphatic carbocycles. The highest BCUT2D eigenvalue weighted by Crippen LogP contribution is 2.25. The van der Waals surface area contributed by atoms with Gasteiger partial charge in [-0.05, 0) is 29.8 Å². The third-order valence-electron chi connectivity index (χ3n) is 3.32. The fourth-order valence-electron chi connectivity index (χ4n) is 2.32. The van der Waals surface area contributed by atoms with Crippen LogP contribution in [0.3, 0.4) is 0 Å². The molecule has 3 aromatic rings. The largest absolute Gasteiger partial charge is 0.343 e. The van der Waals surface area contributed by atoms with Crippen LogP contribution >= 0.6 is 11.6 Å². The fourth-order valence-corrected chi connectivity index (χ4v) is 2.55. The van der Waals surface area contributed by atoms with E-state index >= 15 is 0 Å². The Labute approximate surface area is 124 Å². The number of nitro groups is 1. The lowest BCUT2D eigenvalue weighted by atomic mass is 10.2. The topological polar surface area (TPSA) is 48.1 Å². The maximum atomic E-state index is 13.6. The van der Waals surface area contributed by atoms with Crippen molar-refractivity contribution in [2.45, 2.75) is 6.54 Å². The first kappa shape index (κ1) is 13.6. The van der Waals surface area contributed by atoms with Crippen molar-refractivity contribution in [1.29, 1.82) is 0 Å². The summed E-state index contributed by atoms with van der Waals surface area (Å²) in [7, 11) is 0. The summed E-state index contributed by atoms with van der Waals surface area (Å²) in [4.78, 5) is 9.88. The summed E-state index contributed by atoms with van der Waals surface area (Å²) in [5.41, 5.74) is 1.07. The zero-order valence-corrected chi connectivity index (χ0v) is 11.5. The van der Waals surface area contributed by atoms with E-state index < -0.39 is 16.4 Å². The monoisotopic (exact) mass is 304 g/mol. The molecule has 1 heterocycles.